The summed E-state index contributed by atoms with van der Waals surface area (Å²) >= 11 is 0. The standard InChI is InChI=1S/C44H32N4/c45-38-19-9-10-20-39(38)46-40(30-13-3-1-4-14-30)29-47-41-21-11-7-17-34(41)36-27-31(23-25-42(36)47)32-24-26-44-37(28-32)35-18-8-12-22-43(35)48(44)33-15-5-2-6-16-33/h1-28H,29,45H2. The number of benzene rings is 7. The Balaban J connectivity index is 1.20. The van der Waals surface area contributed by atoms with Gasteiger partial charge < -0.3 is 14.9 Å². The van der Waals surface area contributed by atoms with Crippen LogP contribution in [0, 0.1) is 0 Å². The molecule has 228 valence electrons. The SMILES string of the molecule is Nc1ccccc1N=C(Cn1c2ccccc2c2cc(-c3ccc4c(c3)c3ccccc3n4-c3ccccc3)ccc21)c1ccccc1. The monoisotopic (exact) mass is 616 g/mol. The topological polar surface area (TPSA) is 48.2 Å². The molecule has 0 aliphatic rings. The van der Waals surface area contributed by atoms with E-state index in [0.717, 1.165) is 17.0 Å². The van der Waals surface area contributed by atoms with Crippen molar-refractivity contribution in [1.82, 2.24) is 9.13 Å². The molecule has 0 radical (unpaired) electrons. The van der Waals surface area contributed by atoms with Gasteiger partial charge in [0.05, 0.1) is 34.7 Å². The summed E-state index contributed by atoms with van der Waals surface area (Å²) in [5, 5.41) is 4.95. The molecule has 4 nitrogen and oxygen atoms in total. The molecule has 48 heavy (non-hydrogen) atoms. The number of nitrogens with zero attached hydrogens (tertiary/aromatic N) is 3. The van der Waals surface area contributed by atoms with Crippen LogP contribution in [-0.4, -0.2) is 14.8 Å². The molecule has 0 saturated heterocycles. The van der Waals surface area contributed by atoms with Gasteiger partial charge in [0.2, 0.25) is 0 Å². The first kappa shape index (κ1) is 27.9. The van der Waals surface area contributed by atoms with Crippen LogP contribution in [0.4, 0.5) is 11.4 Å². The molecule has 7 aromatic carbocycles. The van der Waals surface area contributed by atoms with E-state index in [4.69, 9.17) is 10.7 Å². The Labute approximate surface area is 278 Å². The fourth-order valence-electron chi connectivity index (χ4n) is 7.12. The van der Waals surface area contributed by atoms with Gasteiger partial charge >= 0.3 is 0 Å². The quantitative estimate of drug-likeness (QED) is 0.147. The highest BCUT2D eigenvalue weighted by atomic mass is 15.0. The second-order valence-corrected chi connectivity index (χ2v) is 12.2. The number of aliphatic imine (C=N–C) groups is 1. The number of fused-ring (bicyclic) bond motifs is 6. The summed E-state index contributed by atoms with van der Waals surface area (Å²) in [5.41, 5.74) is 18.2. The number of hydrogen-bond donors (Lipinski definition) is 1. The molecule has 9 rings (SSSR count). The van der Waals surface area contributed by atoms with Gasteiger partial charge in [0.1, 0.15) is 0 Å². The lowest BCUT2D eigenvalue weighted by atomic mass is 10.0. The lowest BCUT2D eigenvalue weighted by Gasteiger charge is -2.13. The molecular weight excluding hydrogens is 585 g/mol. The van der Waals surface area contributed by atoms with Gasteiger partial charge in [-0.25, -0.2) is 4.99 Å². The van der Waals surface area contributed by atoms with E-state index in [1.54, 1.807) is 0 Å². The second kappa shape index (κ2) is 11.4. The maximum atomic E-state index is 6.35. The summed E-state index contributed by atoms with van der Waals surface area (Å²) in [6.45, 7) is 0.604. The smallest absolute Gasteiger partial charge is 0.0863 e. The average molecular weight is 617 g/mol. The molecule has 2 heterocycles. The van der Waals surface area contributed by atoms with E-state index >= 15 is 0 Å². The molecule has 0 saturated carbocycles. The van der Waals surface area contributed by atoms with Gasteiger partial charge in [-0.2, -0.15) is 0 Å². The first-order valence-electron chi connectivity index (χ1n) is 16.3. The highest BCUT2D eigenvalue weighted by molar-refractivity contribution is 6.13. The third-order valence-electron chi connectivity index (χ3n) is 9.40. The number of para-hydroxylation sites is 5. The summed E-state index contributed by atoms with van der Waals surface area (Å²) < 4.78 is 4.75. The minimum absolute atomic E-state index is 0.604. The first-order chi connectivity index (χ1) is 23.7. The van der Waals surface area contributed by atoms with Crippen molar-refractivity contribution >= 4 is 60.7 Å². The van der Waals surface area contributed by atoms with Crippen molar-refractivity contribution in [3.05, 3.63) is 175 Å². The fourth-order valence-corrected chi connectivity index (χ4v) is 7.12. The Bertz CT molecular complexity index is 2640. The van der Waals surface area contributed by atoms with E-state index in [1.807, 2.05) is 30.3 Å². The first-order valence-corrected chi connectivity index (χ1v) is 16.3. The summed E-state index contributed by atoms with van der Waals surface area (Å²) in [5.74, 6) is 0. The largest absolute Gasteiger partial charge is 0.397 e. The van der Waals surface area contributed by atoms with Gasteiger partial charge in [0.15, 0.2) is 0 Å². The Morgan fingerprint density at radius 1 is 0.479 bits per heavy atom. The minimum Gasteiger partial charge on any atom is -0.397 e. The average Bonchev–Trinajstić information content (AvgIpc) is 3.65. The van der Waals surface area contributed by atoms with Crippen molar-refractivity contribution in [2.45, 2.75) is 6.54 Å². The molecule has 2 aromatic heterocycles. The molecule has 0 atom stereocenters. The highest BCUT2D eigenvalue weighted by Crippen LogP contribution is 2.37. The molecule has 0 aliphatic heterocycles. The van der Waals surface area contributed by atoms with Crippen molar-refractivity contribution in [3.8, 4) is 16.8 Å². The number of nitrogens with two attached hydrogens (primary N) is 1. The molecule has 0 aliphatic carbocycles. The van der Waals surface area contributed by atoms with Gasteiger partial charge in [-0.15, -0.1) is 0 Å². The summed E-state index contributed by atoms with van der Waals surface area (Å²) in [6.07, 6.45) is 0. The molecule has 0 unspecified atom stereocenters. The van der Waals surface area contributed by atoms with Crippen LogP contribution in [0.2, 0.25) is 0 Å². The van der Waals surface area contributed by atoms with Crippen LogP contribution in [0.15, 0.2) is 175 Å². The second-order valence-electron chi connectivity index (χ2n) is 12.2. The molecular formula is C44H32N4. The summed E-state index contributed by atoms with van der Waals surface area (Å²) in [7, 11) is 0. The molecule has 0 fully saturated rings. The van der Waals surface area contributed by atoms with Crippen LogP contribution >= 0.6 is 0 Å². The van der Waals surface area contributed by atoms with E-state index in [2.05, 4.69) is 149 Å². The lowest BCUT2D eigenvalue weighted by molar-refractivity contribution is 0.934. The Hall–Kier alpha value is -6.39. The lowest BCUT2D eigenvalue weighted by Crippen LogP contribution is -2.11. The number of rotatable bonds is 6. The van der Waals surface area contributed by atoms with Crippen LogP contribution in [0.5, 0.6) is 0 Å². The minimum atomic E-state index is 0.604. The zero-order valence-corrected chi connectivity index (χ0v) is 26.3. The molecule has 9 aromatic rings. The molecule has 0 spiro atoms. The number of aromatic nitrogens is 2. The maximum absolute atomic E-state index is 6.35. The van der Waals surface area contributed by atoms with Crippen LogP contribution in [0.1, 0.15) is 5.56 Å². The number of anilines is 1. The normalized spacial score (nSPS) is 12.0. The van der Waals surface area contributed by atoms with Crippen LogP contribution < -0.4 is 5.73 Å². The Morgan fingerprint density at radius 2 is 1.00 bits per heavy atom. The van der Waals surface area contributed by atoms with Crippen molar-refractivity contribution in [1.29, 1.82) is 0 Å². The summed E-state index contributed by atoms with van der Waals surface area (Å²) in [4.78, 5) is 5.13. The number of hydrogen-bond acceptors (Lipinski definition) is 2. The predicted octanol–water partition coefficient (Wildman–Crippen LogP) is 11.0. The van der Waals surface area contributed by atoms with Gasteiger partial charge in [-0.3, -0.25) is 0 Å². The van der Waals surface area contributed by atoms with E-state index in [0.29, 0.717) is 12.2 Å². The van der Waals surface area contributed by atoms with E-state index in [-0.39, 0.29) is 0 Å². The molecule has 2 N–H and O–H groups in total. The maximum Gasteiger partial charge on any atom is 0.0863 e. The zero-order chi connectivity index (χ0) is 32.0. The van der Waals surface area contributed by atoms with Crippen molar-refractivity contribution in [3.63, 3.8) is 0 Å². The summed E-state index contributed by atoms with van der Waals surface area (Å²) in [6, 6.07) is 59.9. The Kier molecular flexibility index (Phi) is 6.65. The van der Waals surface area contributed by atoms with E-state index in [1.165, 1.54) is 60.4 Å². The third-order valence-corrected chi connectivity index (χ3v) is 9.40. The fraction of sp³-hybridized carbons (Fsp3) is 0.0227. The van der Waals surface area contributed by atoms with Crippen LogP contribution in [0.3, 0.4) is 0 Å². The van der Waals surface area contributed by atoms with Crippen LogP contribution in [-0.2, 0) is 6.54 Å². The molecule has 0 amide bonds. The van der Waals surface area contributed by atoms with Gasteiger partial charge in [0, 0.05) is 38.3 Å². The van der Waals surface area contributed by atoms with Crippen molar-refractivity contribution < 1.29 is 0 Å². The molecule has 0 bridgehead atoms. The van der Waals surface area contributed by atoms with Gasteiger partial charge in [-0.05, 0) is 77.4 Å². The number of nitrogen functional groups attached to an aromatic ring is 1. The van der Waals surface area contributed by atoms with Crippen molar-refractivity contribution in [2.75, 3.05) is 5.73 Å². The zero-order valence-electron chi connectivity index (χ0n) is 26.3. The van der Waals surface area contributed by atoms with E-state index in [9.17, 15) is 0 Å². The molecule has 4 heteroatoms. The Morgan fingerprint density at radius 3 is 1.73 bits per heavy atom. The third kappa shape index (κ3) is 4.66. The van der Waals surface area contributed by atoms with Crippen molar-refractivity contribution in [2.24, 2.45) is 4.99 Å². The van der Waals surface area contributed by atoms with Gasteiger partial charge in [-0.1, -0.05) is 109 Å². The van der Waals surface area contributed by atoms with Gasteiger partial charge in [0.25, 0.3) is 0 Å². The van der Waals surface area contributed by atoms with E-state index < -0.39 is 0 Å². The predicted molar refractivity (Wildman–Crippen MR) is 203 cm³/mol. The highest BCUT2D eigenvalue weighted by Gasteiger charge is 2.17. The van der Waals surface area contributed by atoms with Crippen LogP contribution in [0.25, 0.3) is 60.4 Å².